The number of hydrogen-bond donors (Lipinski definition) is 0. The van der Waals surface area contributed by atoms with Crippen LogP contribution in [0.5, 0.6) is 5.75 Å². The third-order valence-electron chi connectivity index (χ3n) is 2.74. The van der Waals surface area contributed by atoms with E-state index in [0.29, 0.717) is 12.2 Å². The molecule has 0 spiro atoms. The fourth-order valence-corrected chi connectivity index (χ4v) is 1.75. The number of ketones is 1. The minimum atomic E-state index is 0.0454. The maximum Gasteiger partial charge on any atom is 0.174 e. The van der Waals surface area contributed by atoms with E-state index in [9.17, 15) is 4.79 Å². The number of Topliss-reactive ketones (excluding diaryl/α,β-unsaturated/α-hetero) is 1. The molecule has 0 atom stereocenters. The molecule has 0 saturated carbocycles. The number of benzene rings is 2. The molecule has 0 aliphatic carbocycles. The van der Waals surface area contributed by atoms with Gasteiger partial charge in [0.25, 0.3) is 0 Å². The van der Waals surface area contributed by atoms with Crippen molar-refractivity contribution in [3.8, 4) is 17.6 Å². The van der Waals surface area contributed by atoms with Crippen LogP contribution in [0.3, 0.4) is 0 Å². The first-order valence-corrected chi connectivity index (χ1v) is 6.59. The van der Waals surface area contributed by atoms with E-state index in [1.165, 1.54) is 0 Å². The van der Waals surface area contributed by atoms with Gasteiger partial charge in [-0.05, 0) is 31.2 Å². The summed E-state index contributed by atoms with van der Waals surface area (Å²) in [5, 5.41) is 0. The van der Waals surface area contributed by atoms with Crippen molar-refractivity contribution in [2.24, 2.45) is 0 Å². The van der Waals surface area contributed by atoms with Gasteiger partial charge < -0.3 is 4.74 Å². The third kappa shape index (κ3) is 4.00. The molecule has 0 aliphatic heterocycles. The second-order valence-electron chi connectivity index (χ2n) is 4.23. The average Bonchev–Trinajstić information content (AvgIpc) is 2.50. The van der Waals surface area contributed by atoms with Gasteiger partial charge in [-0.25, -0.2) is 0 Å². The van der Waals surface area contributed by atoms with Gasteiger partial charge in [0.05, 0.1) is 13.0 Å². The van der Waals surface area contributed by atoms with Crippen molar-refractivity contribution >= 4 is 5.78 Å². The highest BCUT2D eigenvalue weighted by Crippen LogP contribution is 2.11. The van der Waals surface area contributed by atoms with Gasteiger partial charge in [-0.15, -0.1) is 0 Å². The quantitative estimate of drug-likeness (QED) is 0.621. The Balaban J connectivity index is 1.96. The minimum Gasteiger partial charge on any atom is -0.494 e. The van der Waals surface area contributed by atoms with E-state index in [4.69, 9.17) is 4.74 Å². The van der Waals surface area contributed by atoms with Crippen LogP contribution in [0.4, 0.5) is 0 Å². The minimum absolute atomic E-state index is 0.0454. The zero-order chi connectivity index (χ0) is 14.2. The largest absolute Gasteiger partial charge is 0.494 e. The van der Waals surface area contributed by atoms with Crippen molar-refractivity contribution in [3.05, 3.63) is 65.7 Å². The van der Waals surface area contributed by atoms with Gasteiger partial charge in [-0.3, -0.25) is 4.79 Å². The van der Waals surface area contributed by atoms with Crippen LogP contribution in [0.1, 0.15) is 29.3 Å². The second-order valence-corrected chi connectivity index (χ2v) is 4.23. The predicted octanol–water partition coefficient (Wildman–Crippen LogP) is 3.71. The van der Waals surface area contributed by atoms with Gasteiger partial charge in [-0.1, -0.05) is 42.2 Å². The molecule has 20 heavy (non-hydrogen) atoms. The van der Waals surface area contributed by atoms with Gasteiger partial charge in [0.1, 0.15) is 5.75 Å². The molecule has 2 rings (SSSR count). The van der Waals surface area contributed by atoms with Gasteiger partial charge >= 0.3 is 0 Å². The van der Waals surface area contributed by atoms with Crippen molar-refractivity contribution in [2.45, 2.75) is 13.3 Å². The monoisotopic (exact) mass is 264 g/mol. The fraction of sp³-hybridized carbons (Fsp3) is 0.167. The molecule has 0 bridgehead atoms. The number of carbonyl (C=O) groups is 1. The summed E-state index contributed by atoms with van der Waals surface area (Å²) < 4.78 is 5.36. The summed E-state index contributed by atoms with van der Waals surface area (Å²) in [5.74, 6) is 6.78. The number of carbonyl (C=O) groups excluding carboxylic acids is 1. The first-order valence-electron chi connectivity index (χ1n) is 6.59. The topological polar surface area (TPSA) is 26.3 Å². The molecule has 0 aromatic heterocycles. The van der Waals surface area contributed by atoms with E-state index in [1.54, 1.807) is 12.1 Å². The molecule has 100 valence electrons. The Kier molecular flexibility index (Phi) is 4.97. The molecule has 2 aromatic rings. The molecule has 0 radical (unpaired) electrons. The predicted molar refractivity (Wildman–Crippen MR) is 79.9 cm³/mol. The molecule has 0 amide bonds. The standard InChI is InChI=1S/C18H16O2/c1-2-20-17-13-11-15(12-14-17)7-6-10-18(19)16-8-4-3-5-9-16/h3-5,8-9,11-14H,2,10H2,1H3. The summed E-state index contributed by atoms with van der Waals surface area (Å²) in [6, 6.07) is 16.8. The Morgan fingerprint density at radius 1 is 1.05 bits per heavy atom. The Morgan fingerprint density at radius 2 is 1.75 bits per heavy atom. The molecule has 0 aliphatic rings. The fourth-order valence-electron chi connectivity index (χ4n) is 1.75. The third-order valence-corrected chi connectivity index (χ3v) is 2.74. The van der Waals surface area contributed by atoms with Gasteiger partial charge in [-0.2, -0.15) is 0 Å². The van der Waals surface area contributed by atoms with Gasteiger partial charge in [0.2, 0.25) is 0 Å². The highest BCUT2D eigenvalue weighted by atomic mass is 16.5. The van der Waals surface area contributed by atoms with Crippen LogP contribution in [0.15, 0.2) is 54.6 Å². The second kappa shape index (κ2) is 7.16. The van der Waals surface area contributed by atoms with Crippen LogP contribution < -0.4 is 4.74 Å². The van der Waals surface area contributed by atoms with Crippen LogP contribution in [0, 0.1) is 11.8 Å². The van der Waals surface area contributed by atoms with E-state index in [2.05, 4.69) is 11.8 Å². The van der Waals surface area contributed by atoms with Crippen molar-refractivity contribution < 1.29 is 9.53 Å². The van der Waals surface area contributed by atoms with Gasteiger partial charge in [0, 0.05) is 11.1 Å². The molecule has 0 heterocycles. The van der Waals surface area contributed by atoms with Gasteiger partial charge in [0.15, 0.2) is 5.78 Å². The number of hydrogen-bond acceptors (Lipinski definition) is 2. The molecule has 0 unspecified atom stereocenters. The Morgan fingerprint density at radius 3 is 2.40 bits per heavy atom. The SMILES string of the molecule is CCOc1ccc(C#CCC(=O)c2ccccc2)cc1. The van der Waals surface area contributed by atoms with Crippen LogP contribution in [-0.2, 0) is 0 Å². The first kappa shape index (κ1) is 13.9. The lowest BCUT2D eigenvalue weighted by atomic mass is 10.1. The lowest BCUT2D eigenvalue weighted by molar-refractivity contribution is 0.0998. The summed E-state index contributed by atoms with van der Waals surface area (Å²) in [6.45, 7) is 2.60. The zero-order valence-corrected chi connectivity index (χ0v) is 11.4. The van der Waals surface area contributed by atoms with Crippen molar-refractivity contribution in [3.63, 3.8) is 0 Å². The molecule has 2 heteroatoms. The van der Waals surface area contributed by atoms with Crippen molar-refractivity contribution in [2.75, 3.05) is 6.61 Å². The van der Waals surface area contributed by atoms with E-state index in [0.717, 1.165) is 11.3 Å². The molecule has 0 fully saturated rings. The number of rotatable bonds is 4. The molecular formula is C18H16O2. The smallest absolute Gasteiger partial charge is 0.174 e. The van der Waals surface area contributed by atoms with Crippen LogP contribution in [0.25, 0.3) is 0 Å². The van der Waals surface area contributed by atoms with Crippen molar-refractivity contribution in [1.82, 2.24) is 0 Å². The molecule has 0 N–H and O–H groups in total. The molecule has 2 aromatic carbocycles. The Labute approximate surface area is 119 Å². The maximum absolute atomic E-state index is 11.9. The van der Waals surface area contributed by atoms with E-state index < -0.39 is 0 Å². The Bertz CT molecular complexity index is 616. The van der Waals surface area contributed by atoms with E-state index >= 15 is 0 Å². The summed E-state index contributed by atoms with van der Waals surface area (Å²) in [4.78, 5) is 11.9. The zero-order valence-electron chi connectivity index (χ0n) is 11.4. The van der Waals surface area contributed by atoms with E-state index in [-0.39, 0.29) is 12.2 Å². The van der Waals surface area contributed by atoms with E-state index in [1.807, 2.05) is 49.4 Å². The normalized spacial score (nSPS) is 9.45. The lowest BCUT2D eigenvalue weighted by Gasteiger charge is -2.01. The number of ether oxygens (including phenoxy) is 1. The summed E-state index contributed by atoms with van der Waals surface area (Å²) >= 11 is 0. The molecule has 0 saturated heterocycles. The highest BCUT2D eigenvalue weighted by molar-refractivity contribution is 5.97. The maximum atomic E-state index is 11.9. The van der Waals surface area contributed by atoms with Crippen molar-refractivity contribution in [1.29, 1.82) is 0 Å². The van der Waals surface area contributed by atoms with Crippen LogP contribution in [0.2, 0.25) is 0 Å². The molecule has 2 nitrogen and oxygen atoms in total. The summed E-state index contributed by atoms with van der Waals surface area (Å²) in [5.41, 5.74) is 1.59. The average molecular weight is 264 g/mol. The summed E-state index contributed by atoms with van der Waals surface area (Å²) in [7, 11) is 0. The Hall–Kier alpha value is -2.53. The molecular weight excluding hydrogens is 248 g/mol. The lowest BCUT2D eigenvalue weighted by Crippen LogP contribution is -1.96. The highest BCUT2D eigenvalue weighted by Gasteiger charge is 2.01. The first-order chi connectivity index (χ1) is 9.79. The summed E-state index contributed by atoms with van der Waals surface area (Å²) in [6.07, 6.45) is 0.233. The van der Waals surface area contributed by atoms with Crippen LogP contribution >= 0.6 is 0 Å². The van der Waals surface area contributed by atoms with Crippen LogP contribution in [-0.4, -0.2) is 12.4 Å².